The predicted molar refractivity (Wildman–Crippen MR) is 189 cm³/mol. The third kappa shape index (κ3) is 7.11. The number of fused-ring (bicyclic) bond motifs is 9. The molecule has 2 aromatic heterocycles. The molecule has 0 spiro atoms. The number of halogens is 4. The van der Waals surface area contributed by atoms with Crippen molar-refractivity contribution >= 4 is 34.1 Å². The summed E-state index contributed by atoms with van der Waals surface area (Å²) in [4.78, 5) is 18.0. The number of anilines is 2. The number of benzene rings is 1. The van der Waals surface area contributed by atoms with E-state index in [0.717, 1.165) is 76.8 Å². The van der Waals surface area contributed by atoms with E-state index < -0.39 is 17.8 Å². The minimum atomic E-state index is -0.722. The van der Waals surface area contributed by atoms with Crippen molar-refractivity contribution < 1.29 is 13.2 Å². The van der Waals surface area contributed by atoms with Crippen molar-refractivity contribution in [3.63, 3.8) is 0 Å². The van der Waals surface area contributed by atoms with Gasteiger partial charge in [-0.25, -0.2) is 28.1 Å². The highest BCUT2D eigenvalue weighted by Crippen LogP contribution is 2.42. The minimum Gasteiger partial charge on any atom is -0.389 e. The highest BCUT2D eigenvalue weighted by molar-refractivity contribution is 6.30. The summed E-state index contributed by atoms with van der Waals surface area (Å²) in [5.74, 6) is -0.188. The molecule has 3 unspecified atom stereocenters. The molecule has 5 aliphatic heterocycles. The van der Waals surface area contributed by atoms with Crippen LogP contribution < -0.4 is 16.0 Å². The molecular weight excluding hydrogens is 635 g/mol. The molecule has 3 aromatic rings. The first-order valence-electron chi connectivity index (χ1n) is 17.6. The van der Waals surface area contributed by atoms with Crippen molar-refractivity contribution in [3.8, 4) is 11.1 Å². The molecule has 1 aromatic carbocycles. The summed E-state index contributed by atoms with van der Waals surface area (Å²) in [5, 5.41) is 4.05. The maximum atomic E-state index is 16.4. The van der Waals surface area contributed by atoms with Crippen LogP contribution in [0.3, 0.4) is 0 Å². The zero-order valence-electron chi connectivity index (χ0n) is 28.6. The van der Waals surface area contributed by atoms with Gasteiger partial charge in [0.15, 0.2) is 5.82 Å². The number of nitrogens with zero attached hydrogens (tertiary/aromatic N) is 5. The molecule has 3 saturated heterocycles. The highest BCUT2D eigenvalue weighted by Gasteiger charge is 2.44. The van der Waals surface area contributed by atoms with Crippen LogP contribution in [0.5, 0.6) is 0 Å². The third-order valence-corrected chi connectivity index (χ3v) is 11.2. The van der Waals surface area contributed by atoms with E-state index in [9.17, 15) is 4.39 Å². The van der Waals surface area contributed by atoms with Gasteiger partial charge < -0.3 is 16.0 Å². The molecule has 11 heteroatoms. The number of nitrogens with two attached hydrogens (primary N) is 1. The van der Waals surface area contributed by atoms with Crippen molar-refractivity contribution in [2.45, 2.75) is 103 Å². The van der Waals surface area contributed by atoms with Crippen molar-refractivity contribution in [2.24, 2.45) is 5.41 Å². The van der Waals surface area contributed by atoms with E-state index in [1.165, 1.54) is 25.0 Å². The van der Waals surface area contributed by atoms with E-state index >= 15 is 8.78 Å². The highest BCUT2D eigenvalue weighted by atomic mass is 35.5. The quantitative estimate of drug-likeness (QED) is 0.250. The Morgan fingerprint density at radius 1 is 1.04 bits per heavy atom. The maximum absolute atomic E-state index is 16.4. The van der Waals surface area contributed by atoms with Crippen LogP contribution in [0.15, 0.2) is 24.4 Å². The molecule has 0 amide bonds. The number of piperidine rings is 1. The lowest BCUT2D eigenvalue weighted by Gasteiger charge is -2.41. The number of aromatic nitrogens is 3. The van der Waals surface area contributed by atoms with E-state index in [1.807, 2.05) is 6.92 Å². The Labute approximate surface area is 287 Å². The Hall–Kier alpha value is -3.11. The van der Waals surface area contributed by atoms with Crippen LogP contribution in [-0.2, 0) is 12.8 Å². The summed E-state index contributed by atoms with van der Waals surface area (Å²) in [6, 6.07) is 2.88. The van der Waals surface area contributed by atoms with E-state index in [0.29, 0.717) is 47.5 Å². The molecular formula is C37H49ClF3N7. The van der Waals surface area contributed by atoms with Gasteiger partial charge in [-0.3, -0.25) is 4.90 Å². The number of aryl methyl sites for hydroxylation is 1. The van der Waals surface area contributed by atoms with Gasteiger partial charge in [0.2, 0.25) is 0 Å². The molecule has 0 saturated carbocycles. The Bertz CT molecular complexity index is 1680. The fraction of sp³-hybridized carbons (Fsp3) is 0.595. The lowest BCUT2D eigenvalue weighted by atomic mass is 9.79. The van der Waals surface area contributed by atoms with Gasteiger partial charge >= 0.3 is 0 Å². The summed E-state index contributed by atoms with van der Waals surface area (Å²) in [5.41, 5.74) is 8.12. The van der Waals surface area contributed by atoms with Gasteiger partial charge in [-0.05, 0) is 106 Å². The molecule has 3 atom stereocenters. The first kappa shape index (κ1) is 34.7. The van der Waals surface area contributed by atoms with Crippen LogP contribution in [0, 0.1) is 17.0 Å². The zero-order valence-corrected chi connectivity index (χ0v) is 29.3. The summed E-state index contributed by atoms with van der Waals surface area (Å²) in [6.45, 7) is 14.8. The summed E-state index contributed by atoms with van der Waals surface area (Å²) < 4.78 is 45.1. The molecule has 260 valence electrons. The van der Waals surface area contributed by atoms with Gasteiger partial charge in [-0.15, -0.1) is 0 Å². The number of nitrogens with one attached hydrogen (secondary N) is 1. The van der Waals surface area contributed by atoms with Gasteiger partial charge in [0.25, 0.3) is 0 Å². The maximum Gasteiger partial charge on any atom is 0.160 e. The molecule has 48 heavy (non-hydrogen) atoms. The van der Waals surface area contributed by atoms with E-state index in [-0.39, 0.29) is 33.0 Å². The molecule has 0 radical (unpaired) electrons. The van der Waals surface area contributed by atoms with Crippen LogP contribution in [0.4, 0.5) is 24.8 Å². The molecule has 7 nitrogen and oxygen atoms in total. The van der Waals surface area contributed by atoms with Crippen molar-refractivity contribution in [3.05, 3.63) is 52.6 Å². The number of alkyl halides is 1. The summed E-state index contributed by atoms with van der Waals surface area (Å²) in [6.07, 6.45) is 9.19. The zero-order chi connectivity index (χ0) is 34.2. The van der Waals surface area contributed by atoms with E-state index in [1.54, 1.807) is 0 Å². The fourth-order valence-electron chi connectivity index (χ4n) is 8.26. The minimum absolute atomic E-state index is 0.0395. The van der Waals surface area contributed by atoms with Gasteiger partial charge in [-0.2, -0.15) is 0 Å². The van der Waals surface area contributed by atoms with Gasteiger partial charge in [0.05, 0.1) is 5.56 Å². The van der Waals surface area contributed by atoms with Crippen LogP contribution >= 0.6 is 11.6 Å². The number of nitrogen functional groups attached to an aromatic ring is 1. The first-order chi connectivity index (χ1) is 22.9. The van der Waals surface area contributed by atoms with Gasteiger partial charge in [-0.1, -0.05) is 32.0 Å². The molecule has 7 heterocycles. The predicted octanol–water partition coefficient (Wildman–Crippen LogP) is 8.18. The smallest absolute Gasteiger partial charge is 0.160 e. The van der Waals surface area contributed by atoms with Crippen LogP contribution in [0.2, 0.25) is 5.15 Å². The van der Waals surface area contributed by atoms with Crippen molar-refractivity contribution in [2.75, 3.05) is 43.4 Å². The normalized spacial score (nSPS) is 26.4. The number of rotatable bonds is 1. The lowest BCUT2D eigenvalue weighted by molar-refractivity contribution is 0.217. The number of pyridine rings is 1. The Kier molecular flexibility index (Phi) is 10.1. The second-order valence-corrected chi connectivity index (χ2v) is 15.2. The van der Waals surface area contributed by atoms with Gasteiger partial charge in [0.1, 0.15) is 40.1 Å². The lowest BCUT2D eigenvalue weighted by Crippen LogP contribution is -2.43. The SMILES string of the molecule is C=C1CCCCc2c(cc(N)nc2Cl)-c2c(F)cc3c(nc(CC)nc3c2F)N2CCCC(C)(CCN1)C2.CC12CCCN1CC(F)C2. The van der Waals surface area contributed by atoms with Crippen molar-refractivity contribution in [1.29, 1.82) is 0 Å². The fourth-order valence-corrected chi connectivity index (χ4v) is 8.56. The third-order valence-electron chi connectivity index (χ3n) is 10.9. The molecule has 8 rings (SSSR count). The average molecular weight is 684 g/mol. The van der Waals surface area contributed by atoms with Crippen LogP contribution in [0.1, 0.15) is 89.9 Å². The van der Waals surface area contributed by atoms with Crippen LogP contribution in [0.25, 0.3) is 22.0 Å². The second-order valence-electron chi connectivity index (χ2n) is 14.8. The van der Waals surface area contributed by atoms with Crippen molar-refractivity contribution in [1.82, 2.24) is 25.2 Å². The number of hydrogen-bond donors (Lipinski definition) is 2. The molecule has 3 fully saturated rings. The molecule has 0 aliphatic carbocycles. The Morgan fingerprint density at radius 3 is 2.58 bits per heavy atom. The Balaban J connectivity index is 0.000000340. The number of allylic oxidation sites excluding steroid dienone is 1. The standard InChI is InChI=1S/C29H35ClF2N6.C8H14FN/c1-4-23-36-26-20-14-21(31)24(25(26)32)19-15-22(33)35-27(30)18(19)9-6-5-8-17(2)34-12-11-29(3)10-7-13-38(16-29)28(20)37-23;1-8-3-2-4-10(8)6-7(9)5-8/h14-15,34H,2,4-13,16H2,1,3H3,(H2,33,35);7H,2-6H2,1H3. The molecule has 3 N–H and O–H groups in total. The monoisotopic (exact) mass is 683 g/mol. The summed E-state index contributed by atoms with van der Waals surface area (Å²) in [7, 11) is 0. The largest absolute Gasteiger partial charge is 0.389 e. The van der Waals surface area contributed by atoms with E-state index in [2.05, 4.69) is 45.5 Å². The second kappa shape index (κ2) is 14.0. The molecule has 5 aliphatic rings. The Morgan fingerprint density at radius 2 is 1.81 bits per heavy atom. The first-order valence-corrected chi connectivity index (χ1v) is 18.0. The molecule has 6 bridgehead atoms. The van der Waals surface area contributed by atoms with Crippen LogP contribution in [-0.4, -0.2) is 64.3 Å². The number of hydrogen-bond acceptors (Lipinski definition) is 7. The van der Waals surface area contributed by atoms with Gasteiger partial charge in [0, 0.05) is 49.2 Å². The topological polar surface area (TPSA) is 83.2 Å². The average Bonchev–Trinajstić information content (AvgIpc) is 3.52. The van der Waals surface area contributed by atoms with E-state index in [4.69, 9.17) is 22.3 Å². The summed E-state index contributed by atoms with van der Waals surface area (Å²) >= 11 is 6.49.